The van der Waals surface area contributed by atoms with E-state index < -0.39 is 56.0 Å². The first-order valence-electron chi connectivity index (χ1n) is 9.88. The summed E-state index contributed by atoms with van der Waals surface area (Å²) >= 11 is 0. The number of aliphatic hydroxyl groups is 1. The van der Waals surface area contributed by atoms with Gasteiger partial charge in [0.05, 0.1) is 30.8 Å². The lowest BCUT2D eigenvalue weighted by molar-refractivity contribution is -0.149. The van der Waals surface area contributed by atoms with Crippen molar-refractivity contribution >= 4 is 19.4 Å². The predicted molar refractivity (Wildman–Crippen MR) is 110 cm³/mol. The molecule has 0 aromatic rings. The summed E-state index contributed by atoms with van der Waals surface area (Å²) in [5, 5.41) is 14.9. The molecular weight excluding hydrogens is 432 g/mol. The first-order chi connectivity index (χ1) is 14.3. The van der Waals surface area contributed by atoms with E-state index >= 15 is 4.39 Å². The number of halogens is 1. The van der Waals surface area contributed by atoms with Crippen molar-refractivity contribution in [2.45, 2.75) is 58.3 Å². The summed E-state index contributed by atoms with van der Waals surface area (Å²) in [4.78, 5) is 24.7. The van der Waals surface area contributed by atoms with Gasteiger partial charge in [-0.05, 0) is 20.8 Å². The molecule has 1 fully saturated rings. The Balaban J connectivity index is 2.07. The molecule has 0 radical (unpaired) electrons. The number of hydrogen-bond donors (Lipinski definition) is 3. The van der Waals surface area contributed by atoms with Crippen LogP contribution in [-0.4, -0.2) is 72.4 Å². The van der Waals surface area contributed by atoms with Gasteiger partial charge in [0.15, 0.2) is 12.4 Å². The molecule has 176 valence electrons. The fourth-order valence-corrected chi connectivity index (χ4v) is 4.54. The van der Waals surface area contributed by atoms with E-state index in [0.29, 0.717) is 0 Å². The Morgan fingerprint density at radius 2 is 2.16 bits per heavy atom. The number of aliphatic hydroxyl groups excluding tert-OH is 1. The second kappa shape index (κ2) is 9.79. The highest BCUT2D eigenvalue weighted by atomic mass is 31.2. The van der Waals surface area contributed by atoms with Crippen LogP contribution in [0.4, 0.5) is 4.39 Å². The number of carbonyl (C=O) groups excluding carboxylic acids is 2. The SMILES string of the molecule is C=C1NC(=O)C=CN1[C@@H]1O[C@H](COP(C)(=O)N[C@@H](C)C(=O)OC(C)C)C(C)(CO)[C@H]1F. The molecule has 2 unspecified atom stereocenters. The van der Waals surface area contributed by atoms with Gasteiger partial charge in [0.2, 0.25) is 0 Å². The molecule has 3 N–H and O–H groups in total. The normalized spacial score (nSPS) is 31.5. The number of nitrogens with zero attached hydrogens (tertiary/aromatic N) is 1. The average molecular weight is 463 g/mol. The van der Waals surface area contributed by atoms with Crippen molar-refractivity contribution in [1.82, 2.24) is 15.3 Å². The number of rotatable bonds is 9. The number of esters is 1. The molecule has 2 rings (SSSR count). The van der Waals surface area contributed by atoms with Crippen LogP contribution in [0.5, 0.6) is 0 Å². The zero-order valence-electron chi connectivity index (χ0n) is 18.3. The Bertz CT molecular complexity index is 792. The first kappa shape index (κ1) is 25.5. The van der Waals surface area contributed by atoms with Crippen LogP contribution in [0.2, 0.25) is 0 Å². The maximum atomic E-state index is 15.3. The zero-order valence-corrected chi connectivity index (χ0v) is 19.2. The quantitative estimate of drug-likeness (QED) is 0.342. The Kier molecular flexibility index (Phi) is 8.04. The molecule has 31 heavy (non-hydrogen) atoms. The molecular formula is C19H31FN3O7P. The van der Waals surface area contributed by atoms with Crippen LogP contribution in [0.25, 0.3) is 0 Å². The van der Waals surface area contributed by atoms with Crippen molar-refractivity contribution in [1.29, 1.82) is 0 Å². The van der Waals surface area contributed by atoms with Crippen molar-refractivity contribution in [3.8, 4) is 0 Å². The summed E-state index contributed by atoms with van der Waals surface area (Å²) < 4.78 is 44.4. The van der Waals surface area contributed by atoms with Crippen molar-refractivity contribution in [3.63, 3.8) is 0 Å². The number of alkyl halides is 1. The molecule has 6 atom stereocenters. The van der Waals surface area contributed by atoms with E-state index in [0.717, 1.165) is 0 Å². The molecule has 2 heterocycles. The van der Waals surface area contributed by atoms with Gasteiger partial charge in [-0.3, -0.25) is 14.2 Å². The van der Waals surface area contributed by atoms with E-state index in [4.69, 9.17) is 14.0 Å². The van der Waals surface area contributed by atoms with Crippen LogP contribution in [0, 0.1) is 5.41 Å². The third-order valence-electron chi connectivity index (χ3n) is 5.11. The molecule has 1 amide bonds. The molecule has 12 heteroatoms. The maximum absolute atomic E-state index is 15.3. The number of nitrogens with one attached hydrogen (secondary N) is 2. The second-order valence-electron chi connectivity index (χ2n) is 8.22. The standard InChI is InChI=1S/C19H31FN3O7P/c1-11(2)29-18(26)12(3)22-31(6,27)28-9-14-19(5,10-24)16(20)17(30-14)23-8-7-15(25)21-13(23)4/h7-8,11-12,14,16-17,24H,4,9-10H2,1-3,5-6H3,(H,21,25)(H,22,27)/t12-,14+,16-,17+,19?,31?/m0/s1. The van der Waals surface area contributed by atoms with Gasteiger partial charge in [-0.15, -0.1) is 0 Å². The van der Waals surface area contributed by atoms with Crippen molar-refractivity contribution in [3.05, 3.63) is 24.7 Å². The van der Waals surface area contributed by atoms with Crippen LogP contribution in [0.1, 0.15) is 27.7 Å². The number of hydrogen-bond acceptors (Lipinski definition) is 8. The first-order valence-corrected chi connectivity index (χ1v) is 11.9. The van der Waals surface area contributed by atoms with Crippen LogP contribution in [-0.2, 0) is 28.2 Å². The van der Waals surface area contributed by atoms with Crippen LogP contribution in [0.3, 0.4) is 0 Å². The van der Waals surface area contributed by atoms with Gasteiger partial charge in [0.25, 0.3) is 13.4 Å². The topological polar surface area (TPSA) is 126 Å². The minimum atomic E-state index is -3.49. The molecule has 10 nitrogen and oxygen atoms in total. The second-order valence-corrected chi connectivity index (χ2v) is 10.4. The molecule has 0 aliphatic carbocycles. The smallest absolute Gasteiger partial charge is 0.323 e. The van der Waals surface area contributed by atoms with E-state index in [9.17, 15) is 19.3 Å². The Labute approximate surface area is 181 Å². The van der Waals surface area contributed by atoms with Crippen LogP contribution >= 0.6 is 7.52 Å². The Hall–Kier alpha value is -1.78. The summed E-state index contributed by atoms with van der Waals surface area (Å²) in [7, 11) is -3.49. The largest absolute Gasteiger partial charge is 0.462 e. The monoisotopic (exact) mass is 463 g/mol. The highest BCUT2D eigenvalue weighted by molar-refractivity contribution is 7.56. The molecule has 0 aromatic carbocycles. The van der Waals surface area contributed by atoms with Gasteiger partial charge in [0, 0.05) is 18.9 Å². The minimum absolute atomic E-state index is 0.127. The third kappa shape index (κ3) is 5.93. The Morgan fingerprint density at radius 3 is 2.71 bits per heavy atom. The fraction of sp³-hybridized carbons (Fsp3) is 0.684. The number of ether oxygens (including phenoxy) is 2. The zero-order chi connectivity index (χ0) is 23.6. The number of amides is 1. The van der Waals surface area contributed by atoms with Crippen LogP contribution < -0.4 is 10.4 Å². The van der Waals surface area contributed by atoms with E-state index in [2.05, 4.69) is 17.0 Å². The third-order valence-corrected chi connectivity index (χ3v) is 6.60. The molecule has 0 spiro atoms. The van der Waals surface area contributed by atoms with Gasteiger partial charge in [-0.1, -0.05) is 13.5 Å². The van der Waals surface area contributed by atoms with Crippen LogP contribution in [0.15, 0.2) is 24.7 Å². The average Bonchev–Trinajstić information content (AvgIpc) is 2.91. The Morgan fingerprint density at radius 1 is 1.52 bits per heavy atom. The van der Waals surface area contributed by atoms with E-state index in [-0.39, 0.29) is 18.5 Å². The molecule has 2 aliphatic rings. The van der Waals surface area contributed by atoms with Crippen molar-refractivity contribution in [2.75, 3.05) is 19.9 Å². The van der Waals surface area contributed by atoms with E-state index in [1.807, 2.05) is 0 Å². The summed E-state index contributed by atoms with van der Waals surface area (Å²) in [5.74, 6) is -0.857. The molecule has 1 saturated heterocycles. The fourth-order valence-electron chi connectivity index (χ4n) is 3.23. The molecule has 0 aromatic heterocycles. The van der Waals surface area contributed by atoms with Gasteiger partial charge in [0.1, 0.15) is 11.9 Å². The maximum Gasteiger partial charge on any atom is 0.323 e. The predicted octanol–water partition coefficient (Wildman–Crippen LogP) is 1.23. The molecule has 2 aliphatic heterocycles. The summed E-state index contributed by atoms with van der Waals surface area (Å²) in [6.07, 6.45) is -1.61. The van der Waals surface area contributed by atoms with E-state index in [1.165, 1.54) is 37.7 Å². The lowest BCUT2D eigenvalue weighted by Crippen LogP contribution is -2.47. The van der Waals surface area contributed by atoms with Gasteiger partial charge in [-0.25, -0.2) is 9.48 Å². The van der Waals surface area contributed by atoms with Gasteiger partial charge in [-0.2, -0.15) is 0 Å². The van der Waals surface area contributed by atoms with Gasteiger partial charge < -0.3 is 29.3 Å². The molecule has 0 bridgehead atoms. The summed E-state index contributed by atoms with van der Waals surface area (Å²) in [6, 6.07) is -0.890. The summed E-state index contributed by atoms with van der Waals surface area (Å²) in [6.45, 7) is 10.5. The van der Waals surface area contributed by atoms with Crippen molar-refractivity contribution < 1.29 is 37.6 Å². The lowest BCUT2D eigenvalue weighted by Gasteiger charge is -2.33. The highest BCUT2D eigenvalue weighted by Crippen LogP contribution is 2.46. The lowest BCUT2D eigenvalue weighted by atomic mass is 9.82. The number of carbonyl (C=O) groups is 2. The molecule has 0 saturated carbocycles. The highest BCUT2D eigenvalue weighted by Gasteiger charge is 2.56. The van der Waals surface area contributed by atoms with Gasteiger partial charge >= 0.3 is 5.97 Å². The van der Waals surface area contributed by atoms with Crippen molar-refractivity contribution in [2.24, 2.45) is 5.41 Å². The minimum Gasteiger partial charge on any atom is -0.462 e. The summed E-state index contributed by atoms with van der Waals surface area (Å²) in [5.41, 5.74) is -1.37. The van der Waals surface area contributed by atoms with E-state index in [1.54, 1.807) is 13.8 Å².